The summed E-state index contributed by atoms with van der Waals surface area (Å²) in [7, 11) is 1.64. The second-order valence-corrected chi connectivity index (χ2v) is 3.93. The lowest BCUT2D eigenvalue weighted by Gasteiger charge is -2.13. The van der Waals surface area contributed by atoms with E-state index in [1.807, 2.05) is 18.2 Å². The lowest BCUT2D eigenvalue weighted by molar-refractivity contribution is 0.413. The third kappa shape index (κ3) is 2.70. The van der Waals surface area contributed by atoms with Gasteiger partial charge in [-0.15, -0.1) is 0 Å². The van der Waals surface area contributed by atoms with Gasteiger partial charge in [0, 0.05) is 10.5 Å². The zero-order chi connectivity index (χ0) is 10.6. The summed E-state index contributed by atoms with van der Waals surface area (Å²) < 4.78 is 6.13. The molecule has 0 heterocycles. The van der Waals surface area contributed by atoms with Crippen LogP contribution in [0, 0.1) is 0 Å². The Bertz CT molecular complexity index is 304. The smallest absolute Gasteiger partial charge is 0.119 e. The van der Waals surface area contributed by atoms with E-state index in [0.717, 1.165) is 22.2 Å². The van der Waals surface area contributed by atoms with Gasteiger partial charge >= 0.3 is 0 Å². The number of benzene rings is 1. The molecule has 0 amide bonds. The van der Waals surface area contributed by atoms with Crippen molar-refractivity contribution in [2.24, 2.45) is 11.5 Å². The molecule has 78 valence electrons. The molecule has 1 aromatic rings. The zero-order valence-electron chi connectivity index (χ0n) is 8.16. The van der Waals surface area contributed by atoms with Gasteiger partial charge in [0.2, 0.25) is 0 Å². The Balaban J connectivity index is 2.93. The monoisotopic (exact) mass is 258 g/mol. The fourth-order valence-electron chi connectivity index (χ4n) is 1.27. The van der Waals surface area contributed by atoms with E-state index in [1.54, 1.807) is 7.11 Å². The van der Waals surface area contributed by atoms with E-state index in [-0.39, 0.29) is 6.04 Å². The van der Waals surface area contributed by atoms with Crippen LogP contribution < -0.4 is 16.2 Å². The zero-order valence-corrected chi connectivity index (χ0v) is 9.75. The predicted octanol–water partition coefficient (Wildman–Crippen LogP) is 1.81. The maximum Gasteiger partial charge on any atom is 0.119 e. The highest BCUT2D eigenvalue weighted by Crippen LogP contribution is 2.27. The van der Waals surface area contributed by atoms with E-state index in [0.29, 0.717) is 6.54 Å². The van der Waals surface area contributed by atoms with Gasteiger partial charge in [0.25, 0.3) is 0 Å². The minimum absolute atomic E-state index is 0.0375. The van der Waals surface area contributed by atoms with Crippen LogP contribution in [-0.4, -0.2) is 13.7 Å². The molecule has 0 fully saturated rings. The number of ether oxygens (including phenoxy) is 1. The van der Waals surface area contributed by atoms with Gasteiger partial charge in [0.15, 0.2) is 0 Å². The van der Waals surface area contributed by atoms with Crippen molar-refractivity contribution < 1.29 is 4.74 Å². The van der Waals surface area contributed by atoms with E-state index in [9.17, 15) is 0 Å². The van der Waals surface area contributed by atoms with Crippen LogP contribution in [0.15, 0.2) is 22.7 Å². The van der Waals surface area contributed by atoms with Crippen molar-refractivity contribution in [3.8, 4) is 5.75 Å². The van der Waals surface area contributed by atoms with Crippen LogP contribution >= 0.6 is 15.9 Å². The molecule has 0 saturated carbocycles. The lowest BCUT2D eigenvalue weighted by Crippen LogP contribution is -2.15. The molecule has 0 aromatic heterocycles. The highest BCUT2D eigenvalue weighted by atomic mass is 79.9. The summed E-state index contributed by atoms with van der Waals surface area (Å²) in [5.41, 5.74) is 12.5. The summed E-state index contributed by atoms with van der Waals surface area (Å²) >= 11 is 3.45. The molecule has 0 aliphatic rings. The standard InChI is InChI=1S/C10H15BrN2O/c1-14-7-2-3-9(11)8(6-7)10(13)4-5-12/h2-3,6,10H,4-5,12-13H2,1H3/t10-/m1/s1. The number of nitrogens with two attached hydrogens (primary N) is 2. The molecular formula is C10H15BrN2O. The van der Waals surface area contributed by atoms with Crippen molar-refractivity contribution in [1.29, 1.82) is 0 Å². The number of halogens is 1. The largest absolute Gasteiger partial charge is 0.497 e. The fraction of sp³-hybridized carbons (Fsp3) is 0.400. The van der Waals surface area contributed by atoms with Gasteiger partial charge in [-0.1, -0.05) is 15.9 Å². The Morgan fingerprint density at radius 1 is 1.50 bits per heavy atom. The topological polar surface area (TPSA) is 61.3 Å². The molecule has 0 unspecified atom stereocenters. The summed E-state index contributed by atoms with van der Waals surface area (Å²) in [6, 6.07) is 5.72. The predicted molar refractivity (Wildman–Crippen MR) is 61.3 cm³/mol. The van der Waals surface area contributed by atoms with Gasteiger partial charge in [-0.05, 0) is 36.7 Å². The molecule has 0 radical (unpaired) electrons. The highest BCUT2D eigenvalue weighted by molar-refractivity contribution is 9.10. The van der Waals surface area contributed by atoms with Crippen LogP contribution in [0.2, 0.25) is 0 Å². The lowest BCUT2D eigenvalue weighted by atomic mass is 10.0. The second-order valence-electron chi connectivity index (χ2n) is 3.07. The van der Waals surface area contributed by atoms with Crippen molar-refractivity contribution in [2.75, 3.05) is 13.7 Å². The first-order valence-electron chi connectivity index (χ1n) is 4.48. The number of methoxy groups -OCH3 is 1. The van der Waals surface area contributed by atoms with E-state index in [2.05, 4.69) is 15.9 Å². The Morgan fingerprint density at radius 2 is 2.21 bits per heavy atom. The van der Waals surface area contributed by atoms with Gasteiger partial charge < -0.3 is 16.2 Å². The van der Waals surface area contributed by atoms with Crippen molar-refractivity contribution in [3.63, 3.8) is 0 Å². The van der Waals surface area contributed by atoms with Crippen LogP contribution in [0.4, 0.5) is 0 Å². The normalized spacial score (nSPS) is 12.6. The molecule has 3 nitrogen and oxygen atoms in total. The number of rotatable bonds is 4. The average Bonchev–Trinajstić information content (AvgIpc) is 2.19. The molecule has 0 spiro atoms. The quantitative estimate of drug-likeness (QED) is 0.866. The van der Waals surface area contributed by atoms with Gasteiger partial charge in [-0.2, -0.15) is 0 Å². The first-order chi connectivity index (χ1) is 6.69. The van der Waals surface area contributed by atoms with Gasteiger partial charge in [0.05, 0.1) is 7.11 Å². The maximum absolute atomic E-state index is 5.96. The van der Waals surface area contributed by atoms with Crippen LogP contribution in [-0.2, 0) is 0 Å². The van der Waals surface area contributed by atoms with Crippen LogP contribution in [0.1, 0.15) is 18.0 Å². The fourth-order valence-corrected chi connectivity index (χ4v) is 1.81. The molecule has 14 heavy (non-hydrogen) atoms. The van der Waals surface area contributed by atoms with E-state index in [4.69, 9.17) is 16.2 Å². The number of hydrogen-bond acceptors (Lipinski definition) is 3. The minimum Gasteiger partial charge on any atom is -0.497 e. The third-order valence-corrected chi connectivity index (χ3v) is 2.80. The molecule has 1 atom stereocenters. The molecule has 0 saturated heterocycles. The molecule has 0 aliphatic carbocycles. The Hall–Kier alpha value is -0.580. The average molecular weight is 259 g/mol. The Kier molecular flexibility index (Phi) is 4.38. The van der Waals surface area contributed by atoms with E-state index in [1.165, 1.54) is 0 Å². The molecule has 4 N–H and O–H groups in total. The second kappa shape index (κ2) is 5.34. The highest BCUT2D eigenvalue weighted by Gasteiger charge is 2.09. The van der Waals surface area contributed by atoms with Gasteiger partial charge in [-0.3, -0.25) is 0 Å². The van der Waals surface area contributed by atoms with Crippen molar-refractivity contribution >= 4 is 15.9 Å². The SMILES string of the molecule is COc1ccc(Br)c([C@H](N)CCN)c1. The van der Waals surface area contributed by atoms with Crippen LogP contribution in [0.25, 0.3) is 0 Å². The Labute approximate surface area is 92.6 Å². The molecular weight excluding hydrogens is 244 g/mol. The van der Waals surface area contributed by atoms with Crippen molar-refractivity contribution in [3.05, 3.63) is 28.2 Å². The first kappa shape index (κ1) is 11.5. The first-order valence-corrected chi connectivity index (χ1v) is 5.27. The summed E-state index contributed by atoms with van der Waals surface area (Å²) in [4.78, 5) is 0. The molecule has 0 bridgehead atoms. The molecule has 4 heteroatoms. The maximum atomic E-state index is 5.96. The van der Waals surface area contributed by atoms with Gasteiger partial charge in [-0.25, -0.2) is 0 Å². The summed E-state index contributed by atoms with van der Waals surface area (Å²) in [5.74, 6) is 0.815. The van der Waals surface area contributed by atoms with Crippen LogP contribution in [0.5, 0.6) is 5.75 Å². The number of hydrogen-bond donors (Lipinski definition) is 2. The third-order valence-electron chi connectivity index (χ3n) is 2.08. The van der Waals surface area contributed by atoms with Crippen molar-refractivity contribution in [2.45, 2.75) is 12.5 Å². The minimum atomic E-state index is -0.0375. The van der Waals surface area contributed by atoms with E-state index < -0.39 is 0 Å². The summed E-state index contributed by atoms with van der Waals surface area (Å²) in [5, 5.41) is 0. The van der Waals surface area contributed by atoms with Crippen LogP contribution in [0.3, 0.4) is 0 Å². The summed E-state index contributed by atoms with van der Waals surface area (Å²) in [6.45, 7) is 0.588. The molecule has 1 rings (SSSR count). The van der Waals surface area contributed by atoms with Crippen molar-refractivity contribution in [1.82, 2.24) is 0 Å². The molecule has 1 aromatic carbocycles. The molecule has 0 aliphatic heterocycles. The van der Waals surface area contributed by atoms with E-state index >= 15 is 0 Å². The Morgan fingerprint density at radius 3 is 2.79 bits per heavy atom. The summed E-state index contributed by atoms with van der Waals surface area (Å²) in [6.07, 6.45) is 0.770. The van der Waals surface area contributed by atoms with Gasteiger partial charge in [0.1, 0.15) is 5.75 Å².